The van der Waals surface area contributed by atoms with Gasteiger partial charge in [0.15, 0.2) is 0 Å². The number of ether oxygens (including phenoxy) is 1. The highest BCUT2D eigenvalue weighted by Gasteiger charge is 1.95. The average Bonchev–Trinajstić information content (AvgIpc) is 2.24. The maximum Gasteiger partial charge on any atom is 0.119 e. The van der Waals surface area contributed by atoms with Gasteiger partial charge >= 0.3 is 0 Å². The molecule has 1 aromatic rings. The van der Waals surface area contributed by atoms with E-state index in [0.717, 1.165) is 25.3 Å². The van der Waals surface area contributed by atoms with Crippen molar-refractivity contribution in [3.63, 3.8) is 0 Å². The second-order valence-electron chi connectivity index (χ2n) is 3.74. The van der Waals surface area contributed by atoms with E-state index in [-0.39, 0.29) is 0 Å². The van der Waals surface area contributed by atoms with Crippen molar-refractivity contribution < 1.29 is 4.74 Å². The molecule has 0 spiro atoms. The van der Waals surface area contributed by atoms with Crippen molar-refractivity contribution in [1.82, 2.24) is 5.32 Å². The van der Waals surface area contributed by atoms with Gasteiger partial charge in [-0.2, -0.15) is 0 Å². The Hall–Kier alpha value is -1.28. The summed E-state index contributed by atoms with van der Waals surface area (Å²) in [7, 11) is 1.69. The minimum atomic E-state index is 0.879. The molecule has 0 fully saturated rings. The van der Waals surface area contributed by atoms with E-state index >= 15 is 0 Å². The molecule has 1 N–H and O–H groups in total. The molecule has 0 atom stereocenters. The van der Waals surface area contributed by atoms with Crippen LogP contribution >= 0.6 is 0 Å². The number of rotatable bonds is 6. The third kappa shape index (κ3) is 4.66. The second-order valence-corrected chi connectivity index (χ2v) is 3.74. The van der Waals surface area contributed by atoms with Gasteiger partial charge in [0.1, 0.15) is 5.75 Å². The van der Waals surface area contributed by atoms with E-state index in [1.54, 1.807) is 7.11 Å². The molecule has 0 heterocycles. The van der Waals surface area contributed by atoms with Gasteiger partial charge in [-0.3, -0.25) is 0 Å². The molecule has 0 unspecified atom stereocenters. The van der Waals surface area contributed by atoms with Gasteiger partial charge in [0.25, 0.3) is 0 Å². The van der Waals surface area contributed by atoms with Crippen LogP contribution in [0.25, 0.3) is 0 Å². The Morgan fingerprint density at radius 3 is 2.93 bits per heavy atom. The lowest BCUT2D eigenvalue weighted by atomic mass is 10.2. The topological polar surface area (TPSA) is 21.3 Å². The molecule has 2 heteroatoms. The average molecular weight is 205 g/mol. The summed E-state index contributed by atoms with van der Waals surface area (Å²) in [4.78, 5) is 0. The SMILES string of the molecule is C=C(C)CCNCc1cccc(OC)c1. The lowest BCUT2D eigenvalue weighted by molar-refractivity contribution is 0.414. The first-order valence-electron chi connectivity index (χ1n) is 5.20. The van der Waals surface area contributed by atoms with Crippen LogP contribution in [0.2, 0.25) is 0 Å². The predicted molar refractivity (Wildman–Crippen MR) is 64.1 cm³/mol. The first-order valence-corrected chi connectivity index (χ1v) is 5.20. The van der Waals surface area contributed by atoms with Gasteiger partial charge in [0.2, 0.25) is 0 Å². The van der Waals surface area contributed by atoms with Gasteiger partial charge in [-0.05, 0) is 37.6 Å². The molecule has 0 saturated heterocycles. The zero-order valence-corrected chi connectivity index (χ0v) is 9.55. The number of hydrogen-bond donors (Lipinski definition) is 1. The van der Waals surface area contributed by atoms with Gasteiger partial charge in [0, 0.05) is 6.54 Å². The first-order chi connectivity index (χ1) is 7.22. The third-order valence-corrected chi connectivity index (χ3v) is 2.19. The van der Waals surface area contributed by atoms with Crippen molar-refractivity contribution in [3.05, 3.63) is 42.0 Å². The fraction of sp³-hybridized carbons (Fsp3) is 0.385. The molecule has 0 bridgehead atoms. The molecule has 15 heavy (non-hydrogen) atoms. The van der Waals surface area contributed by atoms with Gasteiger partial charge in [-0.25, -0.2) is 0 Å². The summed E-state index contributed by atoms with van der Waals surface area (Å²) < 4.78 is 5.16. The Kier molecular flexibility index (Phi) is 4.91. The Morgan fingerprint density at radius 1 is 1.47 bits per heavy atom. The third-order valence-electron chi connectivity index (χ3n) is 2.19. The quantitative estimate of drug-likeness (QED) is 0.569. The summed E-state index contributed by atoms with van der Waals surface area (Å²) in [5, 5.41) is 3.37. The smallest absolute Gasteiger partial charge is 0.119 e. The second kappa shape index (κ2) is 6.25. The van der Waals surface area contributed by atoms with Crippen molar-refractivity contribution >= 4 is 0 Å². The highest BCUT2D eigenvalue weighted by molar-refractivity contribution is 5.28. The summed E-state index contributed by atoms with van der Waals surface area (Å²) in [6.07, 6.45) is 1.03. The number of nitrogens with one attached hydrogen (secondary N) is 1. The zero-order chi connectivity index (χ0) is 11.1. The number of hydrogen-bond acceptors (Lipinski definition) is 2. The van der Waals surface area contributed by atoms with Crippen molar-refractivity contribution in [2.45, 2.75) is 19.9 Å². The fourth-order valence-electron chi connectivity index (χ4n) is 1.32. The van der Waals surface area contributed by atoms with Gasteiger partial charge < -0.3 is 10.1 Å². The van der Waals surface area contributed by atoms with E-state index in [0.29, 0.717) is 0 Å². The van der Waals surface area contributed by atoms with Gasteiger partial charge in [-0.1, -0.05) is 17.7 Å². The number of benzene rings is 1. The van der Waals surface area contributed by atoms with Crippen LogP contribution in [-0.2, 0) is 6.54 Å². The Balaban J connectivity index is 2.33. The van der Waals surface area contributed by atoms with Crippen molar-refractivity contribution in [1.29, 1.82) is 0 Å². The van der Waals surface area contributed by atoms with Crippen LogP contribution in [0.1, 0.15) is 18.9 Å². The lowest BCUT2D eigenvalue weighted by Gasteiger charge is -2.06. The van der Waals surface area contributed by atoms with Crippen LogP contribution < -0.4 is 10.1 Å². The van der Waals surface area contributed by atoms with Gasteiger partial charge in [0.05, 0.1) is 7.11 Å². The van der Waals surface area contributed by atoms with E-state index in [1.165, 1.54) is 11.1 Å². The molecule has 0 aliphatic rings. The normalized spacial score (nSPS) is 10.0. The maximum absolute atomic E-state index is 5.16. The van der Waals surface area contributed by atoms with Gasteiger partial charge in [-0.15, -0.1) is 6.58 Å². The molecule has 0 radical (unpaired) electrons. The largest absolute Gasteiger partial charge is 0.497 e. The fourth-order valence-corrected chi connectivity index (χ4v) is 1.32. The Morgan fingerprint density at radius 2 is 2.27 bits per heavy atom. The molecule has 0 aliphatic carbocycles. The predicted octanol–water partition coefficient (Wildman–Crippen LogP) is 2.75. The molecule has 1 aromatic carbocycles. The molecular formula is C13H19NO. The maximum atomic E-state index is 5.16. The van der Waals surface area contributed by atoms with Crippen molar-refractivity contribution in [2.24, 2.45) is 0 Å². The lowest BCUT2D eigenvalue weighted by Crippen LogP contribution is -2.14. The molecule has 0 aliphatic heterocycles. The molecule has 0 amide bonds. The highest BCUT2D eigenvalue weighted by atomic mass is 16.5. The van der Waals surface area contributed by atoms with E-state index in [9.17, 15) is 0 Å². The molecule has 2 nitrogen and oxygen atoms in total. The summed E-state index contributed by atoms with van der Waals surface area (Å²) in [5.41, 5.74) is 2.46. The first kappa shape index (κ1) is 11.8. The standard InChI is InChI=1S/C13H19NO/c1-11(2)7-8-14-10-12-5-4-6-13(9-12)15-3/h4-6,9,14H,1,7-8,10H2,2-3H3. The monoisotopic (exact) mass is 205 g/mol. The minimum Gasteiger partial charge on any atom is -0.497 e. The summed E-state index contributed by atoms with van der Waals surface area (Å²) in [6, 6.07) is 8.11. The van der Waals surface area contributed by atoms with E-state index < -0.39 is 0 Å². The highest BCUT2D eigenvalue weighted by Crippen LogP contribution is 2.12. The van der Waals surface area contributed by atoms with Crippen LogP contribution in [0.15, 0.2) is 36.4 Å². The minimum absolute atomic E-state index is 0.879. The molecule has 0 aromatic heterocycles. The van der Waals surface area contributed by atoms with Crippen molar-refractivity contribution in [3.8, 4) is 5.75 Å². The zero-order valence-electron chi connectivity index (χ0n) is 9.55. The number of methoxy groups -OCH3 is 1. The van der Waals surface area contributed by atoms with E-state index in [4.69, 9.17) is 4.74 Å². The summed E-state index contributed by atoms with van der Waals surface area (Å²) in [5.74, 6) is 0.911. The van der Waals surface area contributed by atoms with Crippen LogP contribution in [0.5, 0.6) is 5.75 Å². The van der Waals surface area contributed by atoms with Crippen LogP contribution in [-0.4, -0.2) is 13.7 Å². The molecule has 1 rings (SSSR count). The van der Waals surface area contributed by atoms with Crippen LogP contribution in [0.4, 0.5) is 0 Å². The Labute approximate surface area is 92.0 Å². The Bertz CT molecular complexity index is 320. The van der Waals surface area contributed by atoms with Crippen LogP contribution in [0, 0.1) is 0 Å². The molecule has 82 valence electrons. The summed E-state index contributed by atoms with van der Waals surface area (Å²) >= 11 is 0. The van der Waals surface area contributed by atoms with E-state index in [1.807, 2.05) is 25.1 Å². The van der Waals surface area contributed by atoms with Crippen molar-refractivity contribution in [2.75, 3.05) is 13.7 Å². The van der Waals surface area contributed by atoms with Crippen LogP contribution in [0.3, 0.4) is 0 Å². The molecule has 0 saturated carbocycles. The molecular weight excluding hydrogens is 186 g/mol. The van der Waals surface area contributed by atoms with E-state index in [2.05, 4.69) is 18.0 Å². The summed E-state index contributed by atoms with van der Waals surface area (Å²) in [6.45, 7) is 7.77.